The van der Waals surface area contributed by atoms with E-state index in [2.05, 4.69) is 34.0 Å². The van der Waals surface area contributed by atoms with E-state index in [-0.39, 0.29) is 23.8 Å². The molecule has 3 fully saturated rings. The smallest absolute Gasteiger partial charge is 0.225 e. The fraction of sp³-hybridized carbons (Fsp3) is 0.750. The summed E-state index contributed by atoms with van der Waals surface area (Å²) in [5, 5.41) is 3.33. The van der Waals surface area contributed by atoms with Crippen molar-refractivity contribution in [1.29, 1.82) is 0 Å². The van der Waals surface area contributed by atoms with Gasteiger partial charge in [-0.3, -0.25) is 14.5 Å². The number of piperidine rings is 1. The van der Waals surface area contributed by atoms with E-state index in [0.717, 1.165) is 32.0 Å². The van der Waals surface area contributed by atoms with E-state index in [9.17, 15) is 9.59 Å². The van der Waals surface area contributed by atoms with Gasteiger partial charge in [-0.1, -0.05) is 13.8 Å². The van der Waals surface area contributed by atoms with E-state index in [4.69, 9.17) is 0 Å². The number of likely N-dealkylation sites (tertiary alicyclic amines) is 2. The van der Waals surface area contributed by atoms with Crippen LogP contribution in [0.15, 0.2) is 12.4 Å². The van der Waals surface area contributed by atoms with Gasteiger partial charge in [-0.05, 0) is 30.6 Å². The van der Waals surface area contributed by atoms with Gasteiger partial charge in [0.15, 0.2) is 0 Å². The summed E-state index contributed by atoms with van der Waals surface area (Å²) in [6.07, 6.45) is 6.37. The van der Waals surface area contributed by atoms with Gasteiger partial charge in [0.1, 0.15) is 5.82 Å². The van der Waals surface area contributed by atoms with Gasteiger partial charge in [0.25, 0.3) is 0 Å². The quantitative estimate of drug-likeness (QED) is 0.786. The summed E-state index contributed by atoms with van der Waals surface area (Å²) < 4.78 is 0. The van der Waals surface area contributed by atoms with Crippen LogP contribution in [0, 0.1) is 23.7 Å². The number of nitrogens with zero attached hydrogens (tertiary/aromatic N) is 3. The molecule has 3 heterocycles. The zero-order chi connectivity index (χ0) is 19.0. The molecule has 2 saturated heterocycles. The maximum Gasteiger partial charge on any atom is 0.225 e. The molecule has 2 bridgehead atoms. The van der Waals surface area contributed by atoms with Crippen LogP contribution in [0.4, 0.5) is 0 Å². The molecule has 0 spiro atoms. The topological polar surface area (TPSA) is 81.3 Å². The number of aromatic nitrogens is 2. The zero-order valence-corrected chi connectivity index (χ0v) is 16.4. The van der Waals surface area contributed by atoms with Crippen LogP contribution in [0.1, 0.15) is 38.9 Å². The average Bonchev–Trinajstić information content (AvgIpc) is 3.29. The Bertz CT molecular complexity index is 660. The highest BCUT2D eigenvalue weighted by Gasteiger charge is 2.44. The van der Waals surface area contributed by atoms with Crippen LogP contribution in [0.2, 0.25) is 0 Å². The Kier molecular flexibility index (Phi) is 5.21. The number of nitrogens with one attached hydrogen (secondary N) is 2. The third kappa shape index (κ3) is 4.03. The van der Waals surface area contributed by atoms with Crippen molar-refractivity contribution in [3.05, 3.63) is 18.2 Å². The van der Waals surface area contributed by atoms with Crippen molar-refractivity contribution in [2.75, 3.05) is 26.2 Å². The zero-order valence-electron chi connectivity index (χ0n) is 16.4. The monoisotopic (exact) mass is 373 g/mol. The molecule has 4 atom stereocenters. The van der Waals surface area contributed by atoms with Gasteiger partial charge in [0.2, 0.25) is 11.8 Å². The molecule has 2 aliphatic heterocycles. The number of rotatable bonds is 6. The summed E-state index contributed by atoms with van der Waals surface area (Å²) in [5.74, 6) is 2.47. The molecule has 7 heteroatoms. The number of imidazole rings is 1. The van der Waals surface area contributed by atoms with Crippen LogP contribution in [-0.2, 0) is 16.1 Å². The highest BCUT2D eigenvalue weighted by Crippen LogP contribution is 2.37. The largest absolute Gasteiger partial charge is 0.352 e. The molecule has 3 aliphatic rings. The molecule has 2 unspecified atom stereocenters. The molecular formula is C20H31N5O2. The molecule has 2 amide bonds. The highest BCUT2D eigenvalue weighted by molar-refractivity contribution is 5.89. The molecule has 148 valence electrons. The van der Waals surface area contributed by atoms with Crippen LogP contribution in [0.5, 0.6) is 0 Å². The molecule has 7 nitrogen and oxygen atoms in total. The Morgan fingerprint density at radius 3 is 2.67 bits per heavy atom. The maximum absolute atomic E-state index is 12.8. The van der Waals surface area contributed by atoms with Crippen molar-refractivity contribution in [2.45, 2.75) is 45.7 Å². The summed E-state index contributed by atoms with van der Waals surface area (Å²) in [6.45, 7) is 8.40. The Balaban J connectivity index is 1.31. The first-order valence-corrected chi connectivity index (χ1v) is 10.3. The number of amides is 2. The summed E-state index contributed by atoms with van der Waals surface area (Å²) >= 11 is 0. The van der Waals surface area contributed by atoms with Gasteiger partial charge in [-0.15, -0.1) is 0 Å². The van der Waals surface area contributed by atoms with Crippen LogP contribution >= 0.6 is 0 Å². The van der Waals surface area contributed by atoms with E-state index in [0.29, 0.717) is 30.7 Å². The molecule has 4 rings (SSSR count). The van der Waals surface area contributed by atoms with E-state index < -0.39 is 0 Å². The first-order chi connectivity index (χ1) is 13.0. The average molecular weight is 374 g/mol. The van der Waals surface area contributed by atoms with Crippen LogP contribution in [-0.4, -0.2) is 63.8 Å². The second-order valence-corrected chi connectivity index (χ2v) is 8.96. The number of carbonyl (C=O) groups is 2. The van der Waals surface area contributed by atoms with Gasteiger partial charge in [0.05, 0.1) is 12.5 Å². The molecule has 0 radical (unpaired) electrons. The molecule has 27 heavy (non-hydrogen) atoms. The molecule has 1 aromatic rings. The third-order valence-electron chi connectivity index (χ3n) is 6.32. The van der Waals surface area contributed by atoms with Crippen LogP contribution < -0.4 is 5.32 Å². The van der Waals surface area contributed by atoms with Crippen LogP contribution in [0.25, 0.3) is 0 Å². The Morgan fingerprint density at radius 1 is 1.30 bits per heavy atom. The molecular weight excluding hydrogens is 342 g/mol. The highest BCUT2D eigenvalue weighted by atomic mass is 16.2. The lowest BCUT2D eigenvalue weighted by atomic mass is 9.91. The first kappa shape index (κ1) is 18.5. The van der Waals surface area contributed by atoms with Crippen molar-refractivity contribution in [3.8, 4) is 0 Å². The Labute approximate surface area is 160 Å². The summed E-state index contributed by atoms with van der Waals surface area (Å²) in [5.41, 5.74) is 0. The molecule has 2 N–H and O–H groups in total. The third-order valence-corrected chi connectivity index (χ3v) is 6.32. The molecule has 1 aliphatic carbocycles. The standard InChI is InChI=1S/C20H31N5O2/c1-13(2)8-25-11-16(7-18(25)26)20(27)23-19-14-3-4-15(19)10-24(9-14)12-17-21-5-6-22-17/h5-6,13-16,19H,3-4,7-12H2,1-2H3,(H,21,22)(H,23,27)/t14-,15+,16?,19?. The number of fused-ring (bicyclic) bond motifs is 2. The second kappa shape index (κ2) is 7.62. The van der Waals surface area contributed by atoms with Gasteiger partial charge in [0, 0.05) is 51.0 Å². The Hall–Kier alpha value is -1.89. The lowest BCUT2D eigenvalue weighted by Crippen LogP contribution is -2.53. The summed E-state index contributed by atoms with van der Waals surface area (Å²) in [6, 6.07) is 0.264. The van der Waals surface area contributed by atoms with Crippen molar-refractivity contribution in [1.82, 2.24) is 25.1 Å². The number of hydrogen-bond acceptors (Lipinski definition) is 4. The van der Waals surface area contributed by atoms with Crippen molar-refractivity contribution >= 4 is 11.8 Å². The molecule has 1 aromatic heterocycles. The first-order valence-electron chi connectivity index (χ1n) is 10.3. The van der Waals surface area contributed by atoms with E-state index in [1.54, 1.807) is 6.20 Å². The van der Waals surface area contributed by atoms with E-state index in [1.165, 1.54) is 12.8 Å². The SMILES string of the molecule is CC(C)CN1CC(C(=O)NC2[C@@H]3CC[C@H]2CN(Cc2ncc[nH]2)C3)CC1=O. The van der Waals surface area contributed by atoms with E-state index in [1.807, 2.05) is 11.1 Å². The molecule has 0 aromatic carbocycles. The lowest BCUT2D eigenvalue weighted by molar-refractivity contribution is -0.129. The van der Waals surface area contributed by atoms with Crippen molar-refractivity contribution in [3.63, 3.8) is 0 Å². The number of H-pyrrole nitrogens is 1. The Morgan fingerprint density at radius 2 is 2.04 bits per heavy atom. The van der Waals surface area contributed by atoms with Crippen LogP contribution in [0.3, 0.4) is 0 Å². The number of carbonyl (C=O) groups excluding carboxylic acids is 2. The van der Waals surface area contributed by atoms with E-state index >= 15 is 0 Å². The fourth-order valence-electron chi connectivity index (χ4n) is 5.13. The number of aromatic amines is 1. The fourth-order valence-corrected chi connectivity index (χ4v) is 5.13. The minimum Gasteiger partial charge on any atom is -0.352 e. The summed E-state index contributed by atoms with van der Waals surface area (Å²) in [4.78, 5) is 36.8. The minimum atomic E-state index is -0.184. The molecule has 1 saturated carbocycles. The van der Waals surface area contributed by atoms with Gasteiger partial charge >= 0.3 is 0 Å². The van der Waals surface area contributed by atoms with Crippen molar-refractivity contribution in [2.24, 2.45) is 23.7 Å². The predicted molar refractivity (Wildman–Crippen MR) is 102 cm³/mol. The predicted octanol–water partition coefficient (Wildman–Crippen LogP) is 1.24. The van der Waals surface area contributed by atoms with Gasteiger partial charge in [-0.2, -0.15) is 0 Å². The lowest BCUT2D eigenvalue weighted by Gasteiger charge is -2.38. The van der Waals surface area contributed by atoms with Gasteiger partial charge in [-0.25, -0.2) is 4.98 Å². The summed E-state index contributed by atoms with van der Waals surface area (Å²) in [7, 11) is 0. The minimum absolute atomic E-state index is 0.0796. The maximum atomic E-state index is 12.8. The second-order valence-electron chi connectivity index (χ2n) is 8.96. The van der Waals surface area contributed by atoms with Crippen molar-refractivity contribution < 1.29 is 9.59 Å². The van der Waals surface area contributed by atoms with Gasteiger partial charge < -0.3 is 15.2 Å². The normalized spacial score (nSPS) is 31.1. The number of hydrogen-bond donors (Lipinski definition) is 2.